The maximum atomic E-state index is 11.7. The number of hydrogen-bond acceptors (Lipinski definition) is 3. The molecular weight excluding hydrogens is 252 g/mol. The molecule has 0 bridgehead atoms. The average molecular weight is 265 g/mol. The molecule has 1 amide bonds. The van der Waals surface area contributed by atoms with E-state index in [2.05, 4.69) is 10.4 Å². The molecule has 0 unspecified atom stereocenters. The first-order valence-electron chi connectivity index (χ1n) is 5.47. The van der Waals surface area contributed by atoms with Crippen molar-refractivity contribution in [2.75, 3.05) is 11.1 Å². The largest absolute Gasteiger partial charge is 0.399 e. The third-order valence-electron chi connectivity index (χ3n) is 2.39. The van der Waals surface area contributed by atoms with Gasteiger partial charge in [0.1, 0.15) is 0 Å². The monoisotopic (exact) mass is 264 g/mol. The SMILES string of the molecule is Nc1ccc(NC(=O)CCn2cccn2)c(Cl)c1. The summed E-state index contributed by atoms with van der Waals surface area (Å²) in [5.74, 6) is -0.114. The van der Waals surface area contributed by atoms with Crippen LogP contribution in [0, 0.1) is 0 Å². The smallest absolute Gasteiger partial charge is 0.226 e. The van der Waals surface area contributed by atoms with Crippen molar-refractivity contribution in [3.63, 3.8) is 0 Å². The van der Waals surface area contributed by atoms with Gasteiger partial charge in [-0.3, -0.25) is 9.48 Å². The van der Waals surface area contributed by atoms with Gasteiger partial charge in [0, 0.05) is 31.0 Å². The summed E-state index contributed by atoms with van der Waals surface area (Å²) in [4.78, 5) is 11.7. The van der Waals surface area contributed by atoms with Crippen molar-refractivity contribution in [1.82, 2.24) is 9.78 Å². The molecule has 0 spiro atoms. The predicted octanol–water partition coefficient (Wildman–Crippen LogP) is 2.15. The number of hydrogen-bond donors (Lipinski definition) is 2. The van der Waals surface area contributed by atoms with Crippen LogP contribution in [0.4, 0.5) is 11.4 Å². The molecule has 0 aliphatic rings. The summed E-state index contributed by atoms with van der Waals surface area (Å²) < 4.78 is 1.70. The Morgan fingerprint density at radius 3 is 3.00 bits per heavy atom. The summed E-state index contributed by atoms with van der Waals surface area (Å²) >= 11 is 5.96. The normalized spacial score (nSPS) is 10.3. The Morgan fingerprint density at radius 1 is 1.50 bits per heavy atom. The first-order chi connectivity index (χ1) is 8.65. The second-order valence-corrected chi connectivity index (χ2v) is 4.21. The quantitative estimate of drug-likeness (QED) is 0.831. The number of aromatic nitrogens is 2. The van der Waals surface area contributed by atoms with E-state index < -0.39 is 0 Å². The van der Waals surface area contributed by atoms with Crippen LogP contribution in [-0.4, -0.2) is 15.7 Å². The number of nitrogen functional groups attached to an aromatic ring is 1. The van der Waals surface area contributed by atoms with Crippen LogP contribution in [-0.2, 0) is 11.3 Å². The van der Waals surface area contributed by atoms with Crippen molar-refractivity contribution in [1.29, 1.82) is 0 Å². The number of amides is 1. The number of nitrogens with two attached hydrogens (primary N) is 1. The van der Waals surface area contributed by atoms with E-state index >= 15 is 0 Å². The lowest BCUT2D eigenvalue weighted by atomic mass is 10.2. The predicted molar refractivity (Wildman–Crippen MR) is 71.3 cm³/mol. The lowest BCUT2D eigenvalue weighted by Crippen LogP contribution is -2.15. The van der Waals surface area contributed by atoms with Crippen molar-refractivity contribution in [3.05, 3.63) is 41.7 Å². The van der Waals surface area contributed by atoms with Crippen LogP contribution in [0.2, 0.25) is 5.02 Å². The number of halogens is 1. The first-order valence-corrected chi connectivity index (χ1v) is 5.85. The molecule has 2 aromatic rings. The molecule has 3 N–H and O–H groups in total. The van der Waals surface area contributed by atoms with Crippen LogP contribution in [0.25, 0.3) is 0 Å². The Kier molecular flexibility index (Phi) is 3.84. The van der Waals surface area contributed by atoms with Crippen molar-refractivity contribution in [2.24, 2.45) is 0 Å². The van der Waals surface area contributed by atoms with Gasteiger partial charge in [0.2, 0.25) is 5.91 Å². The summed E-state index contributed by atoms with van der Waals surface area (Å²) in [5.41, 5.74) is 6.70. The zero-order chi connectivity index (χ0) is 13.0. The van der Waals surface area contributed by atoms with E-state index in [1.165, 1.54) is 0 Å². The van der Waals surface area contributed by atoms with Crippen LogP contribution in [0.5, 0.6) is 0 Å². The van der Waals surface area contributed by atoms with Crippen LogP contribution in [0.15, 0.2) is 36.7 Å². The van der Waals surface area contributed by atoms with Crippen molar-refractivity contribution < 1.29 is 4.79 Å². The Bertz CT molecular complexity index is 539. The maximum absolute atomic E-state index is 11.7. The van der Waals surface area contributed by atoms with Gasteiger partial charge in [-0.05, 0) is 24.3 Å². The summed E-state index contributed by atoms with van der Waals surface area (Å²) in [6.07, 6.45) is 3.82. The minimum Gasteiger partial charge on any atom is -0.399 e. The molecule has 0 saturated heterocycles. The fraction of sp³-hybridized carbons (Fsp3) is 0.167. The topological polar surface area (TPSA) is 72.9 Å². The van der Waals surface area contributed by atoms with E-state index in [0.717, 1.165) is 0 Å². The Morgan fingerprint density at radius 2 is 2.33 bits per heavy atom. The maximum Gasteiger partial charge on any atom is 0.226 e. The lowest BCUT2D eigenvalue weighted by molar-refractivity contribution is -0.116. The highest BCUT2D eigenvalue weighted by atomic mass is 35.5. The van der Waals surface area contributed by atoms with Gasteiger partial charge in [0.15, 0.2) is 0 Å². The molecule has 2 rings (SSSR count). The van der Waals surface area contributed by atoms with Crippen molar-refractivity contribution >= 4 is 28.9 Å². The van der Waals surface area contributed by atoms with Gasteiger partial charge < -0.3 is 11.1 Å². The van der Waals surface area contributed by atoms with E-state index in [9.17, 15) is 4.79 Å². The van der Waals surface area contributed by atoms with Crippen LogP contribution in [0.3, 0.4) is 0 Å². The number of anilines is 2. The third kappa shape index (κ3) is 3.24. The van der Waals surface area contributed by atoms with E-state index in [1.807, 2.05) is 12.3 Å². The fourth-order valence-electron chi connectivity index (χ4n) is 1.49. The average Bonchev–Trinajstić information content (AvgIpc) is 2.83. The highest BCUT2D eigenvalue weighted by Crippen LogP contribution is 2.24. The molecule has 0 aliphatic heterocycles. The second kappa shape index (κ2) is 5.55. The minimum absolute atomic E-state index is 0.114. The van der Waals surface area contributed by atoms with E-state index in [4.69, 9.17) is 17.3 Å². The minimum atomic E-state index is -0.114. The molecule has 0 radical (unpaired) electrons. The number of carbonyl (C=O) groups excluding carboxylic acids is 1. The molecule has 0 fully saturated rings. The number of carbonyl (C=O) groups is 1. The Hall–Kier alpha value is -2.01. The molecular formula is C12H13ClN4O. The number of aryl methyl sites for hydroxylation is 1. The molecule has 94 valence electrons. The molecule has 1 aromatic carbocycles. The Balaban J connectivity index is 1.91. The van der Waals surface area contributed by atoms with Gasteiger partial charge in [0.05, 0.1) is 10.7 Å². The highest BCUT2D eigenvalue weighted by Gasteiger charge is 2.06. The van der Waals surface area contributed by atoms with Crippen LogP contribution in [0.1, 0.15) is 6.42 Å². The lowest BCUT2D eigenvalue weighted by Gasteiger charge is -2.07. The number of nitrogens with zero attached hydrogens (tertiary/aromatic N) is 2. The fourth-order valence-corrected chi connectivity index (χ4v) is 1.73. The third-order valence-corrected chi connectivity index (χ3v) is 2.71. The first kappa shape index (κ1) is 12.4. The summed E-state index contributed by atoms with van der Waals surface area (Å²) in [7, 11) is 0. The molecule has 0 atom stereocenters. The van der Waals surface area contributed by atoms with E-state index in [-0.39, 0.29) is 5.91 Å². The number of benzene rings is 1. The molecule has 6 heteroatoms. The molecule has 1 heterocycles. The summed E-state index contributed by atoms with van der Waals surface area (Å²) in [6, 6.07) is 6.79. The zero-order valence-corrected chi connectivity index (χ0v) is 10.4. The van der Waals surface area contributed by atoms with Crippen LogP contribution >= 0.6 is 11.6 Å². The van der Waals surface area contributed by atoms with Gasteiger partial charge in [-0.15, -0.1) is 0 Å². The van der Waals surface area contributed by atoms with Crippen molar-refractivity contribution in [3.8, 4) is 0 Å². The molecule has 5 nitrogen and oxygen atoms in total. The van der Waals surface area contributed by atoms with Gasteiger partial charge in [-0.1, -0.05) is 11.6 Å². The number of rotatable bonds is 4. The van der Waals surface area contributed by atoms with Gasteiger partial charge in [0.25, 0.3) is 0 Å². The molecule has 1 aromatic heterocycles. The van der Waals surface area contributed by atoms with E-state index in [0.29, 0.717) is 29.4 Å². The van der Waals surface area contributed by atoms with Crippen LogP contribution < -0.4 is 11.1 Å². The molecule has 18 heavy (non-hydrogen) atoms. The molecule has 0 aliphatic carbocycles. The second-order valence-electron chi connectivity index (χ2n) is 3.81. The highest BCUT2D eigenvalue weighted by molar-refractivity contribution is 6.34. The van der Waals surface area contributed by atoms with Gasteiger partial charge in [-0.2, -0.15) is 5.10 Å². The Labute approximate surface area is 110 Å². The summed E-state index contributed by atoms with van der Waals surface area (Å²) in [5, 5.41) is 7.18. The standard InChI is InChI=1S/C12H13ClN4O/c13-10-8-9(14)2-3-11(10)16-12(18)4-7-17-6-1-5-15-17/h1-3,5-6,8H,4,7,14H2,(H,16,18). The van der Waals surface area contributed by atoms with E-state index in [1.54, 1.807) is 29.1 Å². The van der Waals surface area contributed by atoms with Gasteiger partial charge >= 0.3 is 0 Å². The van der Waals surface area contributed by atoms with Crippen molar-refractivity contribution in [2.45, 2.75) is 13.0 Å². The van der Waals surface area contributed by atoms with Gasteiger partial charge in [-0.25, -0.2) is 0 Å². The number of nitrogens with one attached hydrogen (secondary N) is 1. The zero-order valence-electron chi connectivity index (χ0n) is 9.64. The molecule has 0 saturated carbocycles. The summed E-state index contributed by atoms with van der Waals surface area (Å²) in [6.45, 7) is 0.533.